The van der Waals surface area contributed by atoms with Crippen molar-refractivity contribution in [2.24, 2.45) is 0 Å². The molecule has 0 radical (unpaired) electrons. The molecule has 0 saturated heterocycles. The van der Waals surface area contributed by atoms with E-state index >= 15 is 0 Å². The number of benzene rings is 2. The van der Waals surface area contributed by atoms with E-state index in [4.69, 9.17) is 0 Å². The molecule has 0 atom stereocenters. The van der Waals surface area contributed by atoms with Gasteiger partial charge in [-0.15, -0.1) is 0 Å². The molecule has 1 N–H and O–H groups in total. The van der Waals surface area contributed by atoms with Crippen LogP contribution in [0.5, 0.6) is 0 Å². The zero-order chi connectivity index (χ0) is 21.7. The quantitative estimate of drug-likeness (QED) is 0.645. The minimum Gasteiger partial charge on any atom is -0.325 e. The number of nitrogens with zero attached hydrogens (tertiary/aromatic N) is 2. The van der Waals surface area contributed by atoms with Gasteiger partial charge in [-0.1, -0.05) is 32.0 Å². The molecular formula is C19H25N3O5S2. The third-order valence-electron chi connectivity index (χ3n) is 4.21. The molecule has 1 amide bonds. The second kappa shape index (κ2) is 9.38. The van der Waals surface area contributed by atoms with Gasteiger partial charge in [0.25, 0.3) is 0 Å². The summed E-state index contributed by atoms with van der Waals surface area (Å²) in [5.41, 5.74) is 0.751. The minimum absolute atomic E-state index is 0.126. The highest BCUT2D eigenvalue weighted by Crippen LogP contribution is 2.19. The Morgan fingerprint density at radius 1 is 0.897 bits per heavy atom. The second-order valence-electron chi connectivity index (χ2n) is 6.27. The van der Waals surface area contributed by atoms with Gasteiger partial charge >= 0.3 is 0 Å². The van der Waals surface area contributed by atoms with E-state index in [2.05, 4.69) is 5.32 Å². The van der Waals surface area contributed by atoms with Crippen LogP contribution in [-0.4, -0.2) is 52.9 Å². The van der Waals surface area contributed by atoms with Crippen LogP contribution in [0.15, 0.2) is 59.5 Å². The summed E-state index contributed by atoms with van der Waals surface area (Å²) in [6, 6.07) is 14.1. The van der Waals surface area contributed by atoms with Gasteiger partial charge in [0.15, 0.2) is 0 Å². The van der Waals surface area contributed by atoms with Crippen molar-refractivity contribution in [2.75, 3.05) is 35.5 Å². The van der Waals surface area contributed by atoms with Gasteiger partial charge in [-0.2, -0.15) is 4.31 Å². The lowest BCUT2D eigenvalue weighted by atomic mass is 10.3. The molecule has 0 fully saturated rings. The topological polar surface area (TPSA) is 104 Å². The molecule has 158 valence electrons. The molecule has 0 heterocycles. The zero-order valence-electron chi connectivity index (χ0n) is 16.6. The van der Waals surface area contributed by atoms with Crippen LogP contribution in [0.2, 0.25) is 0 Å². The molecule has 29 heavy (non-hydrogen) atoms. The molecule has 0 saturated carbocycles. The van der Waals surface area contributed by atoms with E-state index in [9.17, 15) is 21.6 Å². The van der Waals surface area contributed by atoms with E-state index in [0.717, 1.165) is 10.6 Å². The fourth-order valence-electron chi connectivity index (χ4n) is 2.75. The van der Waals surface area contributed by atoms with Gasteiger partial charge < -0.3 is 5.32 Å². The number of carbonyl (C=O) groups is 1. The highest BCUT2D eigenvalue weighted by Gasteiger charge is 2.22. The second-order valence-corrected chi connectivity index (χ2v) is 10.1. The Morgan fingerprint density at radius 2 is 1.45 bits per heavy atom. The van der Waals surface area contributed by atoms with E-state index in [1.807, 2.05) is 0 Å². The summed E-state index contributed by atoms with van der Waals surface area (Å²) in [5.74, 6) is -0.543. The molecule has 8 nitrogen and oxygen atoms in total. The Balaban J connectivity index is 2.14. The van der Waals surface area contributed by atoms with Crippen LogP contribution in [0, 0.1) is 0 Å². The largest absolute Gasteiger partial charge is 0.325 e. The van der Waals surface area contributed by atoms with Crippen molar-refractivity contribution in [3.8, 4) is 0 Å². The first-order valence-corrected chi connectivity index (χ1v) is 12.3. The van der Waals surface area contributed by atoms with Crippen LogP contribution < -0.4 is 9.62 Å². The Hall–Kier alpha value is -2.43. The number of nitrogens with one attached hydrogen (secondary N) is 1. The molecule has 0 unspecified atom stereocenters. The van der Waals surface area contributed by atoms with Gasteiger partial charge in [-0.05, 0) is 36.4 Å². The minimum atomic E-state index is -3.66. The number of para-hydroxylation sites is 1. The van der Waals surface area contributed by atoms with Crippen LogP contribution in [0.3, 0.4) is 0 Å². The molecule has 10 heteroatoms. The molecule has 0 aliphatic carbocycles. The molecule has 2 rings (SSSR count). The number of carbonyl (C=O) groups excluding carboxylic acids is 1. The molecule has 0 spiro atoms. The van der Waals surface area contributed by atoms with Gasteiger partial charge in [0.1, 0.15) is 6.54 Å². The van der Waals surface area contributed by atoms with Gasteiger partial charge in [-0.25, -0.2) is 16.8 Å². The maximum absolute atomic E-state index is 12.5. The average molecular weight is 440 g/mol. The van der Waals surface area contributed by atoms with Crippen molar-refractivity contribution >= 4 is 37.3 Å². The molecule has 0 aliphatic rings. The van der Waals surface area contributed by atoms with Gasteiger partial charge in [0.2, 0.25) is 26.0 Å². The standard InChI is InChI=1S/C19H25N3O5S2/c1-4-21(5-2)29(26,27)18-13-11-16(12-14-18)20-19(23)15-22(28(3,24)25)17-9-7-6-8-10-17/h6-14H,4-5,15H2,1-3H3,(H,20,23). The van der Waals surface area contributed by atoms with E-state index < -0.39 is 32.5 Å². The SMILES string of the molecule is CCN(CC)S(=O)(=O)c1ccc(NC(=O)CN(c2ccccc2)S(C)(=O)=O)cc1. The molecule has 0 aromatic heterocycles. The van der Waals surface area contributed by atoms with Crippen LogP contribution in [0.25, 0.3) is 0 Å². The number of hydrogen-bond acceptors (Lipinski definition) is 5. The van der Waals surface area contributed by atoms with Crippen molar-refractivity contribution in [3.63, 3.8) is 0 Å². The summed E-state index contributed by atoms with van der Waals surface area (Å²) in [5, 5.41) is 2.60. The smallest absolute Gasteiger partial charge is 0.245 e. The lowest BCUT2D eigenvalue weighted by Gasteiger charge is -2.22. The molecule has 0 aliphatic heterocycles. The van der Waals surface area contributed by atoms with Gasteiger partial charge in [-0.3, -0.25) is 9.10 Å². The molecule has 0 bridgehead atoms. The Labute approximate surface area is 172 Å². The van der Waals surface area contributed by atoms with Crippen molar-refractivity contribution in [3.05, 3.63) is 54.6 Å². The predicted molar refractivity (Wildman–Crippen MR) is 114 cm³/mol. The Kier molecular flexibility index (Phi) is 7.39. The van der Waals surface area contributed by atoms with Crippen molar-refractivity contribution in [1.82, 2.24) is 4.31 Å². The predicted octanol–water partition coefficient (Wildman–Crippen LogP) is 2.12. The van der Waals surface area contributed by atoms with Crippen molar-refractivity contribution in [2.45, 2.75) is 18.7 Å². The van der Waals surface area contributed by atoms with E-state index in [1.165, 1.54) is 28.6 Å². The monoisotopic (exact) mass is 439 g/mol. The fourth-order valence-corrected chi connectivity index (χ4v) is 5.06. The van der Waals surface area contributed by atoms with Crippen LogP contribution in [0.4, 0.5) is 11.4 Å². The number of hydrogen-bond donors (Lipinski definition) is 1. The summed E-state index contributed by atoms with van der Waals surface area (Å²) in [7, 11) is -7.25. The molecular weight excluding hydrogens is 414 g/mol. The lowest BCUT2D eigenvalue weighted by Crippen LogP contribution is -2.37. The first kappa shape index (κ1) is 22.9. The number of rotatable bonds is 9. The first-order valence-electron chi connectivity index (χ1n) is 9.02. The molecule has 2 aromatic rings. The van der Waals surface area contributed by atoms with Crippen molar-refractivity contribution in [1.29, 1.82) is 0 Å². The zero-order valence-corrected chi connectivity index (χ0v) is 18.2. The van der Waals surface area contributed by atoms with E-state index in [0.29, 0.717) is 24.5 Å². The van der Waals surface area contributed by atoms with Gasteiger partial charge in [0.05, 0.1) is 16.8 Å². The maximum atomic E-state index is 12.5. The van der Waals surface area contributed by atoms with E-state index in [1.54, 1.807) is 44.2 Å². The Bertz CT molecular complexity index is 1030. The fraction of sp³-hybridized carbons (Fsp3) is 0.316. The van der Waals surface area contributed by atoms with E-state index in [-0.39, 0.29) is 4.90 Å². The first-order chi connectivity index (χ1) is 13.6. The van der Waals surface area contributed by atoms with Crippen LogP contribution in [0.1, 0.15) is 13.8 Å². The van der Waals surface area contributed by atoms with Crippen LogP contribution >= 0.6 is 0 Å². The third-order valence-corrected chi connectivity index (χ3v) is 7.42. The Morgan fingerprint density at radius 3 is 1.93 bits per heavy atom. The van der Waals surface area contributed by atoms with Gasteiger partial charge in [0, 0.05) is 18.8 Å². The summed E-state index contributed by atoms with van der Waals surface area (Å²) in [4.78, 5) is 12.5. The lowest BCUT2D eigenvalue weighted by molar-refractivity contribution is -0.114. The summed E-state index contributed by atoms with van der Waals surface area (Å²) < 4.78 is 51.5. The summed E-state index contributed by atoms with van der Waals surface area (Å²) in [6.45, 7) is 3.84. The average Bonchev–Trinajstić information content (AvgIpc) is 2.67. The highest BCUT2D eigenvalue weighted by atomic mass is 32.2. The number of amides is 1. The maximum Gasteiger partial charge on any atom is 0.245 e. The third kappa shape index (κ3) is 5.78. The van der Waals surface area contributed by atoms with Crippen LogP contribution in [-0.2, 0) is 24.8 Å². The van der Waals surface area contributed by atoms with Crippen molar-refractivity contribution < 1.29 is 21.6 Å². The number of sulfonamides is 2. The number of anilines is 2. The summed E-state index contributed by atoms with van der Waals surface area (Å²) in [6.07, 6.45) is 1.03. The highest BCUT2D eigenvalue weighted by molar-refractivity contribution is 7.92. The summed E-state index contributed by atoms with van der Waals surface area (Å²) >= 11 is 0. The molecule has 2 aromatic carbocycles. The normalized spacial score (nSPS) is 12.0.